The van der Waals surface area contributed by atoms with Gasteiger partial charge in [0.25, 0.3) is 5.91 Å². The number of nitrogens with zero attached hydrogens (tertiary/aromatic N) is 1. The lowest BCUT2D eigenvalue weighted by atomic mass is 9.86. The summed E-state index contributed by atoms with van der Waals surface area (Å²) in [5.74, 6) is -1.04. The molecule has 0 bridgehead atoms. The van der Waals surface area contributed by atoms with Crippen LogP contribution in [0.2, 0.25) is 0 Å². The predicted molar refractivity (Wildman–Crippen MR) is 88.5 cm³/mol. The third-order valence-corrected chi connectivity index (χ3v) is 4.79. The molecule has 0 aliphatic heterocycles. The van der Waals surface area contributed by atoms with E-state index in [1.165, 1.54) is 0 Å². The number of fused-ring (bicyclic) bond motifs is 1. The van der Waals surface area contributed by atoms with Crippen LogP contribution in [0.5, 0.6) is 0 Å². The molecule has 5 heteroatoms. The number of carbonyl (C=O) groups is 2. The summed E-state index contributed by atoms with van der Waals surface area (Å²) in [5.41, 5.74) is 1.76. The van der Waals surface area contributed by atoms with Crippen molar-refractivity contribution in [3.63, 3.8) is 0 Å². The van der Waals surface area contributed by atoms with Crippen molar-refractivity contribution in [2.24, 2.45) is 5.92 Å². The number of carbonyl (C=O) groups excluding carboxylic acids is 1. The Morgan fingerprint density at radius 1 is 1.22 bits per heavy atom. The number of rotatable bonds is 4. The van der Waals surface area contributed by atoms with Crippen LogP contribution in [0.1, 0.15) is 43.0 Å². The lowest BCUT2D eigenvalue weighted by molar-refractivity contribution is -0.142. The van der Waals surface area contributed by atoms with Gasteiger partial charge in [-0.05, 0) is 38.7 Å². The highest BCUT2D eigenvalue weighted by atomic mass is 16.4. The Kier molecular flexibility index (Phi) is 4.37. The molecule has 23 heavy (non-hydrogen) atoms. The third kappa shape index (κ3) is 3.09. The van der Waals surface area contributed by atoms with Gasteiger partial charge in [0, 0.05) is 29.7 Å². The first-order valence-electron chi connectivity index (χ1n) is 8.21. The number of aryl methyl sites for hydroxylation is 1. The summed E-state index contributed by atoms with van der Waals surface area (Å²) in [6.07, 6.45) is 4.64. The zero-order valence-electron chi connectivity index (χ0n) is 13.3. The topological polar surface area (TPSA) is 71.3 Å². The van der Waals surface area contributed by atoms with E-state index < -0.39 is 5.97 Å². The van der Waals surface area contributed by atoms with Crippen molar-refractivity contribution >= 4 is 22.8 Å². The van der Waals surface area contributed by atoms with Crippen molar-refractivity contribution in [2.75, 3.05) is 0 Å². The van der Waals surface area contributed by atoms with Gasteiger partial charge in [0.15, 0.2) is 0 Å². The Bertz CT molecular complexity index is 727. The van der Waals surface area contributed by atoms with E-state index in [9.17, 15) is 9.59 Å². The smallest absolute Gasteiger partial charge is 0.306 e. The number of benzene rings is 1. The number of hydrogen-bond donors (Lipinski definition) is 2. The second kappa shape index (κ2) is 6.44. The van der Waals surface area contributed by atoms with Crippen LogP contribution in [0, 0.1) is 5.92 Å². The van der Waals surface area contributed by atoms with E-state index in [1.54, 1.807) is 0 Å². The standard InChI is InChI=1S/C18H22N2O3/c1-2-20-11-15(14-5-3-4-6-16(14)20)17(21)19-13-9-7-12(8-10-13)18(22)23/h3-6,11-13H,2,7-10H2,1H3,(H,19,21)(H,22,23). The maximum atomic E-state index is 12.6. The fourth-order valence-corrected chi connectivity index (χ4v) is 3.44. The van der Waals surface area contributed by atoms with Crippen LogP contribution >= 0.6 is 0 Å². The van der Waals surface area contributed by atoms with Gasteiger partial charge in [-0.15, -0.1) is 0 Å². The molecule has 1 saturated carbocycles. The summed E-state index contributed by atoms with van der Waals surface area (Å²) in [7, 11) is 0. The van der Waals surface area contributed by atoms with Crippen LogP contribution in [0.4, 0.5) is 0 Å². The summed E-state index contributed by atoms with van der Waals surface area (Å²) < 4.78 is 2.07. The van der Waals surface area contributed by atoms with E-state index in [0.717, 1.165) is 30.3 Å². The largest absolute Gasteiger partial charge is 0.481 e. The zero-order valence-corrected chi connectivity index (χ0v) is 13.3. The highest BCUT2D eigenvalue weighted by molar-refractivity contribution is 6.07. The van der Waals surface area contributed by atoms with Crippen molar-refractivity contribution in [2.45, 2.75) is 45.2 Å². The molecule has 2 N–H and O–H groups in total. The number of carboxylic acids is 1. The molecule has 3 rings (SSSR count). The van der Waals surface area contributed by atoms with Crippen molar-refractivity contribution in [1.29, 1.82) is 0 Å². The van der Waals surface area contributed by atoms with E-state index in [2.05, 4.69) is 16.8 Å². The van der Waals surface area contributed by atoms with Gasteiger partial charge in [0.1, 0.15) is 0 Å². The van der Waals surface area contributed by atoms with Crippen LogP contribution in [0.3, 0.4) is 0 Å². The highest BCUT2D eigenvalue weighted by Gasteiger charge is 2.27. The molecule has 122 valence electrons. The Morgan fingerprint density at radius 3 is 2.57 bits per heavy atom. The Hall–Kier alpha value is -2.30. The Morgan fingerprint density at radius 2 is 1.91 bits per heavy atom. The van der Waals surface area contributed by atoms with E-state index in [-0.39, 0.29) is 17.9 Å². The normalized spacial score (nSPS) is 21.3. The van der Waals surface area contributed by atoms with Gasteiger partial charge in [-0.3, -0.25) is 9.59 Å². The van der Waals surface area contributed by atoms with Gasteiger partial charge < -0.3 is 15.0 Å². The molecule has 1 amide bonds. The lowest BCUT2D eigenvalue weighted by Crippen LogP contribution is -2.38. The minimum absolute atomic E-state index is 0.0628. The molecule has 1 heterocycles. The van der Waals surface area contributed by atoms with E-state index >= 15 is 0 Å². The molecule has 1 aliphatic rings. The molecule has 1 fully saturated rings. The summed E-state index contributed by atoms with van der Waals surface area (Å²) in [5, 5.41) is 13.1. The first kappa shape index (κ1) is 15.6. The summed E-state index contributed by atoms with van der Waals surface area (Å²) in [4.78, 5) is 23.6. The van der Waals surface area contributed by atoms with Crippen molar-refractivity contribution < 1.29 is 14.7 Å². The molecule has 0 unspecified atom stereocenters. The summed E-state index contributed by atoms with van der Waals surface area (Å²) >= 11 is 0. The van der Waals surface area contributed by atoms with Crippen molar-refractivity contribution in [3.8, 4) is 0 Å². The molecule has 5 nitrogen and oxygen atoms in total. The van der Waals surface area contributed by atoms with E-state index in [4.69, 9.17) is 5.11 Å². The molecule has 2 aromatic rings. The molecule has 0 saturated heterocycles. The third-order valence-electron chi connectivity index (χ3n) is 4.79. The number of para-hydroxylation sites is 1. The molecule has 1 aromatic heterocycles. The number of aliphatic carboxylic acids is 1. The zero-order chi connectivity index (χ0) is 16.4. The molecule has 0 radical (unpaired) electrons. The van der Waals surface area contributed by atoms with Crippen LogP contribution in [0.25, 0.3) is 10.9 Å². The number of carboxylic acid groups (broad SMARTS) is 1. The highest BCUT2D eigenvalue weighted by Crippen LogP contribution is 2.26. The number of amides is 1. The molecule has 0 spiro atoms. The second-order valence-corrected chi connectivity index (χ2v) is 6.21. The average molecular weight is 314 g/mol. The first-order valence-corrected chi connectivity index (χ1v) is 8.21. The summed E-state index contributed by atoms with van der Waals surface area (Å²) in [6, 6.07) is 7.98. The number of nitrogens with one attached hydrogen (secondary N) is 1. The van der Waals surface area contributed by atoms with Gasteiger partial charge in [0.05, 0.1) is 11.5 Å². The summed E-state index contributed by atoms with van der Waals surface area (Å²) in [6.45, 7) is 2.87. The molecular weight excluding hydrogens is 292 g/mol. The van der Waals surface area contributed by atoms with Crippen molar-refractivity contribution in [1.82, 2.24) is 9.88 Å². The van der Waals surface area contributed by atoms with Gasteiger partial charge in [-0.25, -0.2) is 0 Å². The molecule has 0 atom stereocenters. The fourth-order valence-electron chi connectivity index (χ4n) is 3.44. The van der Waals surface area contributed by atoms with Gasteiger partial charge in [0.2, 0.25) is 0 Å². The van der Waals surface area contributed by atoms with E-state index in [1.807, 2.05) is 30.5 Å². The van der Waals surface area contributed by atoms with Crippen LogP contribution in [-0.2, 0) is 11.3 Å². The van der Waals surface area contributed by atoms with Gasteiger partial charge >= 0.3 is 5.97 Å². The van der Waals surface area contributed by atoms with Crippen LogP contribution < -0.4 is 5.32 Å². The number of hydrogen-bond acceptors (Lipinski definition) is 2. The number of aromatic nitrogens is 1. The minimum atomic E-state index is -0.721. The van der Waals surface area contributed by atoms with Crippen LogP contribution in [-0.4, -0.2) is 27.6 Å². The SMILES string of the molecule is CCn1cc(C(=O)NC2CCC(C(=O)O)CC2)c2ccccc21. The Balaban J connectivity index is 1.73. The first-order chi connectivity index (χ1) is 11.1. The molecular formula is C18H22N2O3. The maximum absolute atomic E-state index is 12.6. The molecule has 1 aromatic carbocycles. The van der Waals surface area contributed by atoms with Crippen LogP contribution in [0.15, 0.2) is 30.5 Å². The molecule has 1 aliphatic carbocycles. The van der Waals surface area contributed by atoms with Gasteiger partial charge in [-0.2, -0.15) is 0 Å². The predicted octanol–water partition coefficient (Wildman–Crippen LogP) is 3.03. The second-order valence-electron chi connectivity index (χ2n) is 6.21. The van der Waals surface area contributed by atoms with E-state index in [0.29, 0.717) is 18.4 Å². The van der Waals surface area contributed by atoms with Gasteiger partial charge in [-0.1, -0.05) is 18.2 Å². The minimum Gasteiger partial charge on any atom is -0.481 e. The fraction of sp³-hybridized carbons (Fsp3) is 0.444. The lowest BCUT2D eigenvalue weighted by Gasteiger charge is -2.26. The average Bonchev–Trinajstić information content (AvgIpc) is 2.94. The maximum Gasteiger partial charge on any atom is 0.306 e. The monoisotopic (exact) mass is 314 g/mol. The Labute approximate surface area is 135 Å². The quantitative estimate of drug-likeness (QED) is 0.911. The van der Waals surface area contributed by atoms with Crippen molar-refractivity contribution in [3.05, 3.63) is 36.0 Å².